The zero-order chi connectivity index (χ0) is 25.8. The lowest BCUT2D eigenvalue weighted by molar-refractivity contribution is -0.115. The first-order chi connectivity index (χ1) is 17.4. The van der Waals surface area contributed by atoms with Crippen LogP contribution in [0, 0.1) is 13.8 Å². The van der Waals surface area contributed by atoms with Crippen LogP contribution in [-0.4, -0.2) is 41.4 Å². The third kappa shape index (κ3) is 4.94. The highest BCUT2D eigenvalue weighted by atomic mass is 32.1. The number of ether oxygens (including phenoxy) is 2. The number of rotatable bonds is 9. The largest absolute Gasteiger partial charge is 0.494 e. The smallest absolute Gasteiger partial charge is 0.224 e. The monoisotopic (exact) mass is 507 g/mol. The van der Waals surface area contributed by atoms with Crippen LogP contribution in [0.2, 0.25) is 0 Å². The minimum Gasteiger partial charge on any atom is -0.494 e. The van der Waals surface area contributed by atoms with Gasteiger partial charge in [-0.1, -0.05) is 13.0 Å². The number of carbonyl (C=O) groups is 1. The van der Waals surface area contributed by atoms with E-state index < -0.39 is 0 Å². The number of aromatic nitrogens is 2. The Kier molecular flexibility index (Phi) is 7.91. The SMILES string of the molecule is CCC(=O)Nc1ccc(N2C(=S)N[C@H](c3ccccn3)[C@@H]2c2cc(C)n(CCOC)c2C)cc1OC. The first-order valence-electron chi connectivity index (χ1n) is 12.0. The molecule has 9 heteroatoms. The van der Waals surface area contributed by atoms with Gasteiger partial charge in [-0.25, -0.2) is 0 Å². The molecule has 36 heavy (non-hydrogen) atoms. The van der Waals surface area contributed by atoms with Crippen LogP contribution in [0.5, 0.6) is 5.75 Å². The van der Waals surface area contributed by atoms with E-state index >= 15 is 0 Å². The molecular weight excluding hydrogens is 474 g/mol. The van der Waals surface area contributed by atoms with Crippen molar-refractivity contribution in [1.82, 2.24) is 14.9 Å². The molecule has 0 bridgehead atoms. The third-order valence-electron chi connectivity index (χ3n) is 6.61. The molecule has 1 aliphatic heterocycles. The van der Waals surface area contributed by atoms with Crippen LogP contribution in [0.4, 0.5) is 11.4 Å². The first-order valence-corrected chi connectivity index (χ1v) is 12.4. The molecule has 0 unspecified atom stereocenters. The first kappa shape index (κ1) is 25.7. The van der Waals surface area contributed by atoms with Crippen LogP contribution in [0.15, 0.2) is 48.7 Å². The number of nitrogens with one attached hydrogen (secondary N) is 2. The Labute approximate surface area is 217 Å². The lowest BCUT2D eigenvalue weighted by Gasteiger charge is -2.29. The van der Waals surface area contributed by atoms with Crippen molar-refractivity contribution in [3.8, 4) is 5.75 Å². The van der Waals surface area contributed by atoms with Gasteiger partial charge in [0, 0.05) is 49.4 Å². The zero-order valence-corrected chi connectivity index (χ0v) is 22.2. The lowest BCUT2D eigenvalue weighted by Crippen LogP contribution is -2.29. The van der Waals surface area contributed by atoms with Crippen LogP contribution in [0.1, 0.15) is 48.1 Å². The Hall–Kier alpha value is -3.43. The highest BCUT2D eigenvalue weighted by Crippen LogP contribution is 2.44. The minimum absolute atomic E-state index is 0.0731. The summed E-state index contributed by atoms with van der Waals surface area (Å²) in [7, 11) is 3.31. The molecule has 1 aliphatic rings. The molecule has 190 valence electrons. The number of thiocarbonyl (C=S) groups is 1. The highest BCUT2D eigenvalue weighted by molar-refractivity contribution is 7.80. The van der Waals surface area contributed by atoms with E-state index in [4.69, 9.17) is 21.7 Å². The van der Waals surface area contributed by atoms with E-state index in [0.717, 1.165) is 34.9 Å². The number of amides is 1. The maximum absolute atomic E-state index is 12.0. The standard InChI is InChI=1S/C27H33N5O3S/c1-6-24(33)29-21-11-10-19(16-23(21)35-5)32-26(20-15-17(2)31(18(20)3)13-14-34-4)25(30-27(32)36)22-9-7-8-12-28-22/h7-12,15-16,25-26H,6,13-14H2,1-5H3,(H,29,33)(H,30,36)/t25-,26+/m1/s1. The fraction of sp³-hybridized carbons (Fsp3) is 0.370. The van der Waals surface area contributed by atoms with Gasteiger partial charge in [-0.3, -0.25) is 9.78 Å². The molecule has 1 saturated heterocycles. The summed E-state index contributed by atoms with van der Waals surface area (Å²) in [4.78, 5) is 18.8. The molecule has 1 amide bonds. The van der Waals surface area contributed by atoms with Crippen molar-refractivity contribution in [2.75, 3.05) is 31.0 Å². The average molecular weight is 508 g/mol. The van der Waals surface area contributed by atoms with E-state index in [1.165, 1.54) is 0 Å². The quantitative estimate of drug-likeness (QED) is 0.407. The maximum Gasteiger partial charge on any atom is 0.224 e. The number of pyridine rings is 1. The Balaban J connectivity index is 1.82. The number of methoxy groups -OCH3 is 2. The van der Waals surface area contributed by atoms with Gasteiger partial charge >= 0.3 is 0 Å². The zero-order valence-electron chi connectivity index (χ0n) is 21.4. The number of benzene rings is 1. The molecule has 0 radical (unpaired) electrons. The normalized spacial score (nSPS) is 17.2. The van der Waals surface area contributed by atoms with E-state index in [2.05, 4.69) is 45.0 Å². The average Bonchev–Trinajstić information content (AvgIpc) is 3.38. The number of nitrogens with zero attached hydrogens (tertiary/aromatic N) is 3. The van der Waals surface area contributed by atoms with Crippen LogP contribution >= 0.6 is 12.2 Å². The number of hydrogen-bond donors (Lipinski definition) is 2. The minimum atomic E-state index is -0.152. The molecule has 2 N–H and O–H groups in total. The highest BCUT2D eigenvalue weighted by Gasteiger charge is 2.42. The van der Waals surface area contributed by atoms with Gasteiger partial charge in [-0.15, -0.1) is 0 Å². The molecule has 4 rings (SSSR count). The summed E-state index contributed by atoms with van der Waals surface area (Å²) in [5.74, 6) is 0.499. The number of hydrogen-bond acceptors (Lipinski definition) is 5. The Morgan fingerprint density at radius 2 is 2.00 bits per heavy atom. The summed E-state index contributed by atoms with van der Waals surface area (Å²) in [5.41, 5.74) is 5.88. The van der Waals surface area contributed by atoms with Gasteiger partial charge in [0.15, 0.2) is 5.11 Å². The number of aryl methyl sites for hydroxylation is 1. The van der Waals surface area contributed by atoms with Crippen molar-refractivity contribution in [2.45, 2.75) is 45.8 Å². The van der Waals surface area contributed by atoms with Crippen molar-refractivity contribution >= 4 is 34.6 Å². The van der Waals surface area contributed by atoms with Gasteiger partial charge in [0.25, 0.3) is 0 Å². The molecule has 2 atom stereocenters. The van der Waals surface area contributed by atoms with Crippen LogP contribution in [0.25, 0.3) is 0 Å². The van der Waals surface area contributed by atoms with Gasteiger partial charge in [-0.05, 0) is 62.0 Å². The van der Waals surface area contributed by atoms with E-state index in [9.17, 15) is 4.79 Å². The summed E-state index contributed by atoms with van der Waals surface area (Å²) in [6.07, 6.45) is 2.19. The molecule has 2 aromatic heterocycles. The van der Waals surface area contributed by atoms with Crippen molar-refractivity contribution in [2.24, 2.45) is 0 Å². The molecule has 0 saturated carbocycles. The van der Waals surface area contributed by atoms with E-state index in [-0.39, 0.29) is 18.0 Å². The lowest BCUT2D eigenvalue weighted by atomic mass is 9.96. The van der Waals surface area contributed by atoms with E-state index in [1.54, 1.807) is 20.4 Å². The molecule has 3 aromatic rings. The second-order valence-corrected chi connectivity index (χ2v) is 9.14. The van der Waals surface area contributed by atoms with Crippen LogP contribution in [-0.2, 0) is 16.1 Å². The van der Waals surface area contributed by atoms with Crippen molar-refractivity contribution < 1.29 is 14.3 Å². The van der Waals surface area contributed by atoms with E-state index in [1.807, 2.05) is 43.3 Å². The number of anilines is 2. The second kappa shape index (κ2) is 11.1. The Bertz CT molecular complexity index is 1240. The van der Waals surface area contributed by atoms with Crippen LogP contribution in [0.3, 0.4) is 0 Å². The Morgan fingerprint density at radius 1 is 1.19 bits per heavy atom. The Morgan fingerprint density at radius 3 is 2.67 bits per heavy atom. The van der Waals surface area contributed by atoms with Crippen molar-refractivity contribution in [3.63, 3.8) is 0 Å². The van der Waals surface area contributed by atoms with Gasteiger partial charge in [0.2, 0.25) is 5.91 Å². The van der Waals surface area contributed by atoms with Crippen molar-refractivity contribution in [3.05, 3.63) is 71.3 Å². The maximum atomic E-state index is 12.0. The molecular formula is C27H33N5O3S. The summed E-state index contributed by atoms with van der Waals surface area (Å²) >= 11 is 5.88. The van der Waals surface area contributed by atoms with Gasteiger partial charge in [0.1, 0.15) is 5.75 Å². The molecule has 8 nitrogen and oxygen atoms in total. The third-order valence-corrected chi connectivity index (χ3v) is 6.92. The molecule has 3 heterocycles. The molecule has 0 aliphatic carbocycles. The topological polar surface area (TPSA) is 80.7 Å². The molecule has 0 spiro atoms. The summed E-state index contributed by atoms with van der Waals surface area (Å²) in [5, 5.41) is 7.01. The predicted octanol–water partition coefficient (Wildman–Crippen LogP) is 4.68. The van der Waals surface area contributed by atoms with Crippen LogP contribution < -0.4 is 20.3 Å². The summed E-state index contributed by atoms with van der Waals surface area (Å²) in [6.45, 7) is 7.47. The van der Waals surface area contributed by atoms with Crippen molar-refractivity contribution in [1.29, 1.82) is 0 Å². The second-order valence-electron chi connectivity index (χ2n) is 8.75. The van der Waals surface area contributed by atoms with Gasteiger partial charge < -0.3 is 29.6 Å². The van der Waals surface area contributed by atoms with Gasteiger partial charge in [0.05, 0.1) is 37.2 Å². The van der Waals surface area contributed by atoms with Gasteiger partial charge in [-0.2, -0.15) is 0 Å². The van der Waals surface area contributed by atoms with E-state index in [0.29, 0.717) is 29.6 Å². The molecule has 1 fully saturated rings. The fourth-order valence-corrected chi connectivity index (χ4v) is 5.12. The number of carbonyl (C=O) groups excluding carboxylic acids is 1. The fourth-order valence-electron chi connectivity index (χ4n) is 4.77. The summed E-state index contributed by atoms with van der Waals surface area (Å²) in [6, 6.07) is 13.6. The molecule has 1 aromatic carbocycles. The summed E-state index contributed by atoms with van der Waals surface area (Å²) < 4.78 is 13.3. The predicted molar refractivity (Wildman–Crippen MR) is 146 cm³/mol.